The van der Waals surface area contributed by atoms with Crippen LogP contribution in [0.2, 0.25) is 0 Å². The number of carbonyl (C=O) groups excluding carboxylic acids is 1. The second-order valence-electron chi connectivity index (χ2n) is 8.74. The lowest BCUT2D eigenvalue weighted by atomic mass is 9.96. The summed E-state index contributed by atoms with van der Waals surface area (Å²) in [4.78, 5) is 17.7. The molecule has 3 aromatic rings. The average molecular weight is 478 g/mol. The predicted molar refractivity (Wildman–Crippen MR) is 144 cm³/mol. The van der Waals surface area contributed by atoms with Gasteiger partial charge in [0.25, 0.3) is 0 Å². The van der Waals surface area contributed by atoms with Gasteiger partial charge in [-0.3, -0.25) is 14.6 Å². The van der Waals surface area contributed by atoms with Crippen LogP contribution in [0.3, 0.4) is 0 Å². The van der Waals surface area contributed by atoms with Gasteiger partial charge in [0.2, 0.25) is 5.91 Å². The van der Waals surface area contributed by atoms with Crippen molar-refractivity contribution in [2.45, 2.75) is 32.7 Å². The smallest absolute Gasteiger partial charge is 0.238 e. The summed E-state index contributed by atoms with van der Waals surface area (Å²) in [5.41, 5.74) is 6.07. The van der Waals surface area contributed by atoms with Crippen LogP contribution in [-0.2, 0) is 17.6 Å². The second-order valence-corrected chi connectivity index (χ2v) is 8.74. The molecule has 0 aromatic heterocycles. The first-order valence-electron chi connectivity index (χ1n) is 12.2. The first-order valence-corrected chi connectivity index (χ1v) is 12.2. The molecule has 0 spiro atoms. The standard InChI is InChI=1S/C29H35N3O.ClH/c1-3-23-16-11-17-24(4-2)28(23)30-27(33)22-31-18-20-32(21-19-31)29(25-12-7-5-8-13-25)26-14-9-6-10-15-26;/h5-17,29H,3-4,18-22H2,1-2H3,(H,30,33);1H. The van der Waals surface area contributed by atoms with E-state index in [1.54, 1.807) is 0 Å². The molecule has 0 aliphatic carbocycles. The molecule has 0 atom stereocenters. The maximum Gasteiger partial charge on any atom is 0.238 e. The molecule has 0 unspecified atom stereocenters. The highest BCUT2D eigenvalue weighted by Crippen LogP contribution is 2.29. The molecule has 0 saturated carbocycles. The van der Waals surface area contributed by atoms with Crippen LogP contribution in [-0.4, -0.2) is 48.4 Å². The van der Waals surface area contributed by atoms with E-state index in [4.69, 9.17) is 0 Å². The van der Waals surface area contributed by atoms with Crippen LogP contribution in [0.25, 0.3) is 0 Å². The summed E-state index contributed by atoms with van der Waals surface area (Å²) in [6.07, 6.45) is 1.84. The number of benzene rings is 3. The number of hydrogen-bond donors (Lipinski definition) is 1. The first-order chi connectivity index (χ1) is 16.2. The summed E-state index contributed by atoms with van der Waals surface area (Å²) >= 11 is 0. The molecule has 180 valence electrons. The van der Waals surface area contributed by atoms with Crippen molar-refractivity contribution < 1.29 is 4.79 Å². The summed E-state index contributed by atoms with van der Waals surface area (Å²) in [7, 11) is 0. The molecule has 1 aliphatic heterocycles. The highest BCUT2D eigenvalue weighted by Gasteiger charge is 2.27. The van der Waals surface area contributed by atoms with Gasteiger partial charge in [0.05, 0.1) is 12.6 Å². The van der Waals surface area contributed by atoms with Crippen LogP contribution in [0, 0.1) is 0 Å². The number of para-hydroxylation sites is 1. The molecular weight excluding hydrogens is 442 g/mol. The Morgan fingerprint density at radius 1 is 0.765 bits per heavy atom. The lowest BCUT2D eigenvalue weighted by Crippen LogP contribution is -2.49. The Labute approximate surface area is 210 Å². The normalized spacial score (nSPS) is 14.6. The van der Waals surface area contributed by atoms with E-state index in [0.29, 0.717) is 6.54 Å². The van der Waals surface area contributed by atoms with Gasteiger partial charge >= 0.3 is 0 Å². The van der Waals surface area contributed by atoms with E-state index >= 15 is 0 Å². The van der Waals surface area contributed by atoms with Gasteiger partial charge in [-0.1, -0.05) is 92.7 Å². The topological polar surface area (TPSA) is 35.6 Å². The highest BCUT2D eigenvalue weighted by molar-refractivity contribution is 5.93. The molecular formula is C29H36ClN3O. The lowest BCUT2D eigenvalue weighted by Gasteiger charge is -2.39. The maximum atomic E-state index is 12.9. The number of anilines is 1. The number of nitrogens with one attached hydrogen (secondary N) is 1. The van der Waals surface area contributed by atoms with Gasteiger partial charge in [-0.2, -0.15) is 0 Å². The summed E-state index contributed by atoms with van der Waals surface area (Å²) in [5.74, 6) is 0.0849. The zero-order chi connectivity index (χ0) is 23.0. The lowest BCUT2D eigenvalue weighted by molar-refractivity contribution is -0.117. The largest absolute Gasteiger partial charge is 0.324 e. The van der Waals surface area contributed by atoms with Crippen molar-refractivity contribution in [2.75, 3.05) is 38.0 Å². The summed E-state index contributed by atoms with van der Waals surface area (Å²) < 4.78 is 0. The number of rotatable bonds is 8. The molecule has 5 heteroatoms. The predicted octanol–water partition coefficient (Wildman–Crippen LogP) is 5.58. The number of aryl methyl sites for hydroxylation is 2. The fourth-order valence-electron chi connectivity index (χ4n) is 4.85. The Morgan fingerprint density at radius 3 is 1.74 bits per heavy atom. The Balaban J connectivity index is 0.00000324. The molecule has 1 N–H and O–H groups in total. The van der Waals surface area contributed by atoms with E-state index in [9.17, 15) is 4.79 Å². The van der Waals surface area contributed by atoms with Gasteiger partial charge in [-0.05, 0) is 35.1 Å². The third-order valence-corrected chi connectivity index (χ3v) is 6.63. The van der Waals surface area contributed by atoms with Crippen molar-refractivity contribution >= 4 is 24.0 Å². The molecule has 1 heterocycles. The van der Waals surface area contributed by atoms with Crippen LogP contribution in [0.1, 0.15) is 42.1 Å². The number of hydrogen-bond acceptors (Lipinski definition) is 3. The van der Waals surface area contributed by atoms with Crippen LogP contribution in [0.5, 0.6) is 0 Å². The van der Waals surface area contributed by atoms with E-state index in [0.717, 1.165) is 44.7 Å². The van der Waals surface area contributed by atoms with Gasteiger partial charge in [-0.15, -0.1) is 12.4 Å². The van der Waals surface area contributed by atoms with Crippen molar-refractivity contribution in [1.82, 2.24) is 9.80 Å². The molecule has 1 saturated heterocycles. The van der Waals surface area contributed by atoms with Gasteiger partial charge in [0.1, 0.15) is 0 Å². The van der Waals surface area contributed by atoms with Gasteiger partial charge in [0, 0.05) is 31.9 Å². The van der Waals surface area contributed by atoms with Gasteiger partial charge in [-0.25, -0.2) is 0 Å². The van der Waals surface area contributed by atoms with E-state index in [2.05, 4.69) is 108 Å². The van der Waals surface area contributed by atoms with E-state index < -0.39 is 0 Å². The van der Waals surface area contributed by atoms with Crippen LogP contribution in [0.4, 0.5) is 5.69 Å². The number of nitrogens with zero attached hydrogens (tertiary/aromatic N) is 2. The number of piperazine rings is 1. The minimum Gasteiger partial charge on any atom is -0.324 e. The zero-order valence-corrected chi connectivity index (χ0v) is 21.1. The molecule has 1 amide bonds. The maximum absolute atomic E-state index is 12.9. The summed E-state index contributed by atoms with van der Waals surface area (Å²) in [6, 6.07) is 28.0. The van der Waals surface area contributed by atoms with Gasteiger partial charge < -0.3 is 5.32 Å². The van der Waals surface area contributed by atoms with Crippen LogP contribution < -0.4 is 5.32 Å². The zero-order valence-electron chi connectivity index (χ0n) is 20.2. The minimum absolute atomic E-state index is 0. The quantitative estimate of drug-likeness (QED) is 0.460. The molecule has 0 radical (unpaired) electrons. The highest BCUT2D eigenvalue weighted by atomic mass is 35.5. The fourth-order valence-corrected chi connectivity index (χ4v) is 4.85. The molecule has 1 fully saturated rings. The van der Waals surface area contributed by atoms with Crippen LogP contribution >= 0.6 is 12.4 Å². The SMILES string of the molecule is CCc1cccc(CC)c1NC(=O)CN1CCN(C(c2ccccc2)c2ccccc2)CC1.Cl. The molecule has 4 nitrogen and oxygen atoms in total. The Morgan fingerprint density at radius 2 is 1.26 bits per heavy atom. The van der Waals surface area contributed by atoms with Gasteiger partial charge in [0.15, 0.2) is 0 Å². The Bertz CT molecular complexity index is 972. The molecule has 4 rings (SSSR count). The number of carbonyl (C=O) groups is 1. The van der Waals surface area contributed by atoms with Crippen LogP contribution in [0.15, 0.2) is 78.9 Å². The Kier molecular flexibility index (Phi) is 9.70. The molecule has 0 bridgehead atoms. The summed E-state index contributed by atoms with van der Waals surface area (Å²) in [5, 5.41) is 3.22. The van der Waals surface area contributed by atoms with E-state index in [-0.39, 0.29) is 24.4 Å². The third kappa shape index (κ3) is 6.26. The number of halogens is 1. The minimum atomic E-state index is 0. The van der Waals surface area contributed by atoms with Crippen molar-refractivity contribution in [2.24, 2.45) is 0 Å². The van der Waals surface area contributed by atoms with Crippen molar-refractivity contribution in [3.05, 3.63) is 101 Å². The monoisotopic (exact) mass is 477 g/mol. The van der Waals surface area contributed by atoms with Crippen molar-refractivity contribution in [3.63, 3.8) is 0 Å². The number of amides is 1. The molecule has 1 aliphatic rings. The fraction of sp³-hybridized carbons (Fsp3) is 0.345. The Hall–Kier alpha value is -2.66. The van der Waals surface area contributed by atoms with E-state index in [1.807, 2.05) is 0 Å². The average Bonchev–Trinajstić information content (AvgIpc) is 2.86. The first kappa shape index (κ1) is 26.0. The molecule has 3 aromatic carbocycles. The molecule has 34 heavy (non-hydrogen) atoms. The second kappa shape index (κ2) is 12.7. The van der Waals surface area contributed by atoms with Crippen molar-refractivity contribution in [3.8, 4) is 0 Å². The van der Waals surface area contributed by atoms with Crippen molar-refractivity contribution in [1.29, 1.82) is 0 Å². The summed E-state index contributed by atoms with van der Waals surface area (Å²) in [6.45, 7) is 8.37. The third-order valence-electron chi connectivity index (χ3n) is 6.63. The van der Waals surface area contributed by atoms with E-state index in [1.165, 1.54) is 22.3 Å².